The number of hydrogen-bond acceptors (Lipinski definition) is 3. The van der Waals surface area contributed by atoms with Gasteiger partial charge in [0, 0.05) is 10.9 Å². The maximum absolute atomic E-state index is 12.0. The lowest BCUT2D eigenvalue weighted by atomic mass is 9.99. The van der Waals surface area contributed by atoms with E-state index in [0.717, 1.165) is 30.6 Å². The topological polar surface area (TPSA) is 58.2 Å². The number of fused-ring (bicyclic) bond motifs is 1. The molecule has 1 heterocycles. The van der Waals surface area contributed by atoms with Crippen molar-refractivity contribution in [3.05, 3.63) is 21.4 Å². The molecule has 2 aliphatic rings. The molecule has 1 fully saturated rings. The number of carbonyl (C=O) groups excluding carboxylic acids is 2. The zero-order valence-corrected chi connectivity index (χ0v) is 11.6. The quantitative estimate of drug-likeness (QED) is 0.879. The fraction of sp³-hybridized carbons (Fsp3) is 0.571. The normalized spacial score (nSPS) is 17.7. The van der Waals surface area contributed by atoms with Crippen LogP contribution in [0.15, 0.2) is 6.07 Å². The van der Waals surface area contributed by atoms with Gasteiger partial charge in [-0.2, -0.15) is 0 Å². The van der Waals surface area contributed by atoms with Crippen molar-refractivity contribution >= 4 is 23.2 Å². The molecule has 2 aliphatic carbocycles. The molecule has 3 rings (SSSR count). The van der Waals surface area contributed by atoms with Crippen LogP contribution in [-0.4, -0.2) is 24.4 Å². The van der Waals surface area contributed by atoms with Gasteiger partial charge in [-0.05, 0) is 50.2 Å². The minimum atomic E-state index is -0.120. The van der Waals surface area contributed by atoms with E-state index in [0.29, 0.717) is 6.04 Å². The molecule has 1 aromatic heterocycles. The Kier molecular flexibility index (Phi) is 3.55. The summed E-state index contributed by atoms with van der Waals surface area (Å²) < 4.78 is 0. The summed E-state index contributed by atoms with van der Waals surface area (Å²) in [5.41, 5.74) is 1.32. The summed E-state index contributed by atoms with van der Waals surface area (Å²) >= 11 is 1.58. The first kappa shape index (κ1) is 12.7. The predicted molar refractivity (Wildman–Crippen MR) is 74.5 cm³/mol. The first-order chi connectivity index (χ1) is 9.22. The van der Waals surface area contributed by atoms with Crippen LogP contribution in [0.1, 0.15) is 45.8 Å². The average molecular weight is 278 g/mol. The first-order valence-electron chi connectivity index (χ1n) is 6.91. The lowest BCUT2D eigenvalue weighted by Gasteiger charge is -2.08. The summed E-state index contributed by atoms with van der Waals surface area (Å²) in [4.78, 5) is 25.6. The maximum atomic E-state index is 12.0. The van der Waals surface area contributed by atoms with Crippen LogP contribution in [0, 0.1) is 0 Å². The Morgan fingerprint density at radius 1 is 1.26 bits per heavy atom. The zero-order chi connectivity index (χ0) is 13.2. The van der Waals surface area contributed by atoms with Crippen molar-refractivity contribution in [3.63, 3.8) is 0 Å². The highest BCUT2D eigenvalue weighted by Crippen LogP contribution is 2.29. The van der Waals surface area contributed by atoms with E-state index in [1.54, 1.807) is 11.3 Å². The minimum Gasteiger partial charge on any atom is -0.352 e. The second kappa shape index (κ2) is 5.33. The summed E-state index contributed by atoms with van der Waals surface area (Å²) in [6.07, 6.45) is 6.75. The van der Waals surface area contributed by atoms with Crippen molar-refractivity contribution in [1.82, 2.24) is 10.6 Å². The molecule has 19 heavy (non-hydrogen) atoms. The summed E-state index contributed by atoms with van der Waals surface area (Å²) in [5, 5.41) is 5.56. The molecule has 2 amide bonds. The number of rotatable bonds is 4. The van der Waals surface area contributed by atoms with Gasteiger partial charge in [0.15, 0.2) is 0 Å². The summed E-state index contributed by atoms with van der Waals surface area (Å²) in [6, 6.07) is 2.34. The molecule has 2 N–H and O–H groups in total. The van der Waals surface area contributed by atoms with Crippen LogP contribution in [0.3, 0.4) is 0 Å². The number of aryl methyl sites for hydroxylation is 2. The molecule has 0 radical (unpaired) electrons. The van der Waals surface area contributed by atoms with Gasteiger partial charge in [0.1, 0.15) is 0 Å². The molecule has 1 aromatic rings. The fourth-order valence-electron chi connectivity index (χ4n) is 2.36. The lowest BCUT2D eigenvalue weighted by molar-refractivity contribution is -0.120. The third-order valence-corrected chi connectivity index (χ3v) is 4.81. The molecule has 0 saturated heterocycles. The standard InChI is InChI=1S/C14H18N2O2S/c17-13(16-10-5-6-10)8-15-14(18)12-7-9-3-1-2-4-11(9)19-12/h7,10H,1-6,8H2,(H,15,18)(H,16,17). The third-order valence-electron chi connectivity index (χ3n) is 3.57. The van der Waals surface area contributed by atoms with Crippen molar-refractivity contribution in [2.24, 2.45) is 0 Å². The summed E-state index contributed by atoms with van der Waals surface area (Å²) in [6.45, 7) is 0.0813. The van der Waals surface area contributed by atoms with E-state index in [9.17, 15) is 9.59 Å². The van der Waals surface area contributed by atoms with Gasteiger partial charge in [-0.3, -0.25) is 9.59 Å². The molecule has 0 unspecified atom stereocenters. The second-order valence-corrected chi connectivity index (χ2v) is 6.43. The van der Waals surface area contributed by atoms with Crippen molar-refractivity contribution in [2.45, 2.75) is 44.6 Å². The highest BCUT2D eigenvalue weighted by atomic mass is 32.1. The van der Waals surface area contributed by atoms with Crippen LogP contribution in [0.5, 0.6) is 0 Å². The maximum Gasteiger partial charge on any atom is 0.261 e. The van der Waals surface area contributed by atoms with Crippen LogP contribution in [0.2, 0.25) is 0 Å². The molecular weight excluding hydrogens is 260 g/mol. The van der Waals surface area contributed by atoms with Crippen LogP contribution < -0.4 is 10.6 Å². The Bertz CT molecular complexity index is 482. The second-order valence-electron chi connectivity index (χ2n) is 5.29. The van der Waals surface area contributed by atoms with Crippen LogP contribution >= 0.6 is 11.3 Å². The third kappa shape index (κ3) is 3.15. The van der Waals surface area contributed by atoms with Gasteiger partial charge in [0.2, 0.25) is 5.91 Å². The van der Waals surface area contributed by atoms with Crippen LogP contribution in [0.25, 0.3) is 0 Å². The van der Waals surface area contributed by atoms with Crippen molar-refractivity contribution < 1.29 is 9.59 Å². The molecule has 0 spiro atoms. The van der Waals surface area contributed by atoms with Crippen LogP contribution in [0.4, 0.5) is 0 Å². The monoisotopic (exact) mass is 278 g/mol. The van der Waals surface area contributed by atoms with E-state index in [1.165, 1.54) is 23.3 Å². The van der Waals surface area contributed by atoms with E-state index in [-0.39, 0.29) is 18.4 Å². The van der Waals surface area contributed by atoms with Crippen molar-refractivity contribution in [2.75, 3.05) is 6.54 Å². The van der Waals surface area contributed by atoms with E-state index in [1.807, 2.05) is 6.07 Å². The van der Waals surface area contributed by atoms with E-state index >= 15 is 0 Å². The van der Waals surface area contributed by atoms with Crippen LogP contribution in [-0.2, 0) is 17.6 Å². The highest BCUT2D eigenvalue weighted by molar-refractivity contribution is 7.14. The largest absolute Gasteiger partial charge is 0.352 e. The number of thiophene rings is 1. The number of amides is 2. The molecule has 0 bridgehead atoms. The Morgan fingerprint density at radius 2 is 2.05 bits per heavy atom. The Labute approximate surface area is 116 Å². The SMILES string of the molecule is O=C(CNC(=O)c1cc2c(s1)CCCC2)NC1CC1. The van der Waals surface area contributed by atoms with Gasteiger partial charge >= 0.3 is 0 Å². The van der Waals surface area contributed by atoms with Crippen molar-refractivity contribution in [1.29, 1.82) is 0 Å². The molecule has 102 valence electrons. The van der Waals surface area contributed by atoms with E-state index < -0.39 is 0 Å². The Hall–Kier alpha value is -1.36. The minimum absolute atomic E-state index is 0.0813. The molecule has 0 atom stereocenters. The van der Waals surface area contributed by atoms with E-state index in [4.69, 9.17) is 0 Å². The number of carbonyl (C=O) groups is 2. The predicted octanol–water partition coefficient (Wildman–Crippen LogP) is 1.64. The molecule has 0 aliphatic heterocycles. The fourth-order valence-corrected chi connectivity index (χ4v) is 3.53. The van der Waals surface area contributed by atoms with E-state index in [2.05, 4.69) is 10.6 Å². The number of hydrogen-bond donors (Lipinski definition) is 2. The molecular formula is C14H18N2O2S. The van der Waals surface area contributed by atoms with Gasteiger partial charge in [-0.1, -0.05) is 0 Å². The molecule has 4 nitrogen and oxygen atoms in total. The lowest BCUT2D eigenvalue weighted by Crippen LogP contribution is -2.37. The summed E-state index contributed by atoms with van der Waals surface area (Å²) in [7, 11) is 0. The highest BCUT2D eigenvalue weighted by Gasteiger charge is 2.23. The smallest absolute Gasteiger partial charge is 0.261 e. The Morgan fingerprint density at radius 3 is 2.79 bits per heavy atom. The average Bonchev–Trinajstić information content (AvgIpc) is 3.10. The first-order valence-corrected chi connectivity index (χ1v) is 7.73. The van der Waals surface area contributed by atoms with Gasteiger partial charge in [-0.25, -0.2) is 0 Å². The van der Waals surface area contributed by atoms with Gasteiger partial charge in [-0.15, -0.1) is 11.3 Å². The van der Waals surface area contributed by atoms with Crippen molar-refractivity contribution in [3.8, 4) is 0 Å². The molecule has 0 aromatic carbocycles. The van der Waals surface area contributed by atoms with Gasteiger partial charge < -0.3 is 10.6 Å². The summed E-state index contributed by atoms with van der Waals surface area (Å²) in [5.74, 6) is -0.206. The van der Waals surface area contributed by atoms with Gasteiger partial charge in [0.25, 0.3) is 5.91 Å². The van der Waals surface area contributed by atoms with Gasteiger partial charge in [0.05, 0.1) is 11.4 Å². The molecule has 5 heteroatoms. The molecule has 1 saturated carbocycles. The Balaban J connectivity index is 1.54. The zero-order valence-electron chi connectivity index (χ0n) is 10.8. The number of nitrogens with one attached hydrogen (secondary N) is 2.